The Balaban J connectivity index is 3.08. The maximum Gasteiger partial charge on any atom is -0.0381 e. The molecular weight excluding hydrogens is 164 g/mol. The van der Waals surface area contributed by atoms with Gasteiger partial charge in [-0.25, -0.2) is 0 Å². The second-order valence-electron chi connectivity index (χ2n) is 1.63. The third kappa shape index (κ3) is 1.27. The van der Waals surface area contributed by atoms with Gasteiger partial charge in [0, 0.05) is 0 Å². The molecule has 1 aromatic rings. The van der Waals surface area contributed by atoms with E-state index in [0.717, 1.165) is 10.0 Å². The molecule has 0 amide bonds. The van der Waals surface area contributed by atoms with Gasteiger partial charge in [0.15, 0.2) is 0 Å². The van der Waals surface area contributed by atoms with Crippen LogP contribution in [0.3, 0.4) is 0 Å². The van der Waals surface area contributed by atoms with E-state index in [9.17, 15) is 0 Å². The molecule has 0 bridgehead atoms. The Morgan fingerprint density at radius 3 is 2.50 bits per heavy atom. The van der Waals surface area contributed by atoms with Crippen LogP contribution in [0.4, 0.5) is 0 Å². The first-order valence-corrected chi connectivity index (χ1v) is 3.16. The number of hydrogen-bond acceptors (Lipinski definition) is 0. The fourth-order valence-electron chi connectivity index (χ4n) is 0.537. The van der Waals surface area contributed by atoms with Gasteiger partial charge in [0.05, 0.1) is 0 Å². The summed E-state index contributed by atoms with van der Waals surface area (Å²) in [5.41, 5.74) is 1.04. The lowest BCUT2D eigenvalue weighted by molar-refractivity contribution is 1.57. The van der Waals surface area contributed by atoms with Crippen LogP contribution in [0.5, 0.6) is 0 Å². The molecule has 0 spiro atoms. The summed E-state index contributed by atoms with van der Waals surface area (Å²) in [5, 5.41) is 0. The number of hydrogen-bond donors (Lipinski definition) is 0. The van der Waals surface area contributed by atoms with Gasteiger partial charge in [0.1, 0.15) is 0 Å². The van der Waals surface area contributed by atoms with Crippen LogP contribution in [-0.2, 0) is 0 Å². The Morgan fingerprint density at radius 2 is 2.12 bits per heavy atom. The quantitative estimate of drug-likeness (QED) is 0.525. The zero-order valence-electron chi connectivity index (χ0n) is 4.39. The molecule has 0 radical (unpaired) electrons. The zero-order valence-corrected chi connectivity index (χ0v) is 5.98. The lowest BCUT2D eigenvalue weighted by Gasteiger charge is -1.98. The molecule has 0 saturated heterocycles. The van der Waals surface area contributed by atoms with Crippen LogP contribution in [0.2, 0.25) is 0 Å². The zero-order chi connectivity index (χ0) is 5.98. The van der Waals surface area contributed by atoms with E-state index in [0.29, 0.717) is 0 Å². The van der Waals surface area contributed by atoms with Crippen molar-refractivity contribution in [2.75, 3.05) is 0 Å². The van der Waals surface area contributed by atoms with Crippen molar-refractivity contribution in [3.05, 3.63) is 41.2 Å². The summed E-state index contributed by atoms with van der Waals surface area (Å²) >= 11 is 3.32. The summed E-state index contributed by atoms with van der Waals surface area (Å²) in [6.45, 7) is 3.75. The van der Waals surface area contributed by atoms with Gasteiger partial charge in [0.25, 0.3) is 0 Å². The molecule has 1 heteroatoms. The third-order valence-corrected chi connectivity index (χ3v) is 1.38. The van der Waals surface area contributed by atoms with Crippen LogP contribution >= 0.6 is 15.9 Å². The Hall–Kier alpha value is -0.430. The first kappa shape index (κ1) is 5.70. The van der Waals surface area contributed by atoms with E-state index in [4.69, 9.17) is 0 Å². The highest BCUT2D eigenvalue weighted by atomic mass is 79.9. The fourth-order valence-corrected chi connectivity index (χ4v) is 0.984. The molecule has 0 atom stereocenters. The van der Waals surface area contributed by atoms with Crippen molar-refractivity contribution in [3.63, 3.8) is 0 Å². The molecular formula is C7H6Br-. The standard InChI is InChI=1S/C7H6Br/c1-6-3-2-4-7(8)5-6/h2-5H,1H2/q-1. The summed E-state index contributed by atoms with van der Waals surface area (Å²) in [4.78, 5) is 0. The van der Waals surface area contributed by atoms with Gasteiger partial charge in [-0.3, -0.25) is 0 Å². The average molecular weight is 170 g/mol. The minimum atomic E-state index is 1.04. The Labute approximate surface area is 57.7 Å². The number of benzene rings is 1. The minimum absolute atomic E-state index is 1.04. The van der Waals surface area contributed by atoms with E-state index < -0.39 is 0 Å². The van der Waals surface area contributed by atoms with E-state index in [1.54, 1.807) is 0 Å². The number of halogens is 1. The summed E-state index contributed by atoms with van der Waals surface area (Å²) in [7, 11) is 0. The van der Waals surface area contributed by atoms with Crippen molar-refractivity contribution in [1.29, 1.82) is 0 Å². The van der Waals surface area contributed by atoms with Crippen LogP contribution in [0.1, 0.15) is 5.56 Å². The summed E-state index contributed by atoms with van der Waals surface area (Å²) in [5.74, 6) is 0. The normalized spacial score (nSPS) is 9.12. The van der Waals surface area contributed by atoms with E-state index in [-0.39, 0.29) is 0 Å². The van der Waals surface area contributed by atoms with Crippen LogP contribution < -0.4 is 0 Å². The number of rotatable bonds is 0. The van der Waals surface area contributed by atoms with Crippen molar-refractivity contribution in [2.45, 2.75) is 0 Å². The third-order valence-electron chi connectivity index (χ3n) is 0.889. The van der Waals surface area contributed by atoms with Gasteiger partial charge < -0.3 is 0 Å². The molecule has 0 unspecified atom stereocenters. The highest BCUT2D eigenvalue weighted by Crippen LogP contribution is 2.09. The highest BCUT2D eigenvalue weighted by Gasteiger charge is 1.74. The molecule has 0 aliphatic rings. The molecule has 0 heterocycles. The molecule has 42 valence electrons. The smallest absolute Gasteiger partial charge is 0.0381 e. The van der Waals surface area contributed by atoms with Gasteiger partial charge >= 0.3 is 0 Å². The summed E-state index contributed by atoms with van der Waals surface area (Å²) in [6, 6.07) is 7.88. The molecule has 0 fully saturated rings. The molecule has 0 N–H and O–H groups in total. The molecule has 0 aromatic heterocycles. The summed E-state index contributed by atoms with van der Waals surface area (Å²) in [6.07, 6.45) is 0. The minimum Gasteiger partial charge on any atom is -0.199 e. The monoisotopic (exact) mass is 169 g/mol. The van der Waals surface area contributed by atoms with Crippen molar-refractivity contribution in [3.8, 4) is 0 Å². The molecule has 0 aliphatic heterocycles. The molecule has 0 nitrogen and oxygen atoms in total. The molecule has 0 aliphatic carbocycles. The average Bonchev–Trinajstić information content (AvgIpc) is 1.64. The Morgan fingerprint density at radius 1 is 1.38 bits per heavy atom. The van der Waals surface area contributed by atoms with Crippen molar-refractivity contribution in [2.24, 2.45) is 0 Å². The van der Waals surface area contributed by atoms with Crippen LogP contribution in [0.15, 0.2) is 28.7 Å². The van der Waals surface area contributed by atoms with Crippen molar-refractivity contribution in [1.82, 2.24) is 0 Å². The molecule has 1 rings (SSSR count). The van der Waals surface area contributed by atoms with Crippen LogP contribution in [0, 0.1) is 6.92 Å². The summed E-state index contributed by atoms with van der Waals surface area (Å²) < 4.78 is 1.09. The SMILES string of the molecule is [CH2-]c1cccc(Br)c1. The first-order chi connectivity index (χ1) is 3.79. The Kier molecular flexibility index (Phi) is 1.59. The van der Waals surface area contributed by atoms with Gasteiger partial charge in [-0.2, -0.15) is 18.6 Å². The van der Waals surface area contributed by atoms with Crippen LogP contribution in [-0.4, -0.2) is 0 Å². The van der Waals surface area contributed by atoms with Crippen LogP contribution in [0.25, 0.3) is 0 Å². The molecule has 1 aromatic carbocycles. The van der Waals surface area contributed by atoms with Crippen molar-refractivity contribution < 1.29 is 0 Å². The van der Waals surface area contributed by atoms with Gasteiger partial charge in [-0.05, 0) is 4.47 Å². The maximum atomic E-state index is 3.75. The second-order valence-corrected chi connectivity index (χ2v) is 2.55. The predicted octanol–water partition coefficient (Wildman–Crippen LogP) is 2.63. The van der Waals surface area contributed by atoms with E-state index in [1.165, 1.54) is 0 Å². The van der Waals surface area contributed by atoms with Gasteiger partial charge in [-0.15, -0.1) is 12.1 Å². The predicted molar refractivity (Wildman–Crippen MR) is 38.6 cm³/mol. The van der Waals surface area contributed by atoms with E-state index >= 15 is 0 Å². The molecule has 0 saturated carbocycles. The van der Waals surface area contributed by atoms with Crippen molar-refractivity contribution >= 4 is 15.9 Å². The van der Waals surface area contributed by atoms with E-state index in [1.807, 2.05) is 24.3 Å². The first-order valence-electron chi connectivity index (χ1n) is 2.36. The highest BCUT2D eigenvalue weighted by molar-refractivity contribution is 9.10. The Bertz CT molecular complexity index is 164. The molecule has 8 heavy (non-hydrogen) atoms. The largest absolute Gasteiger partial charge is 0.199 e. The van der Waals surface area contributed by atoms with Gasteiger partial charge in [-0.1, -0.05) is 22.0 Å². The lowest BCUT2D eigenvalue weighted by Crippen LogP contribution is -1.67. The fraction of sp³-hybridized carbons (Fsp3) is 0. The second kappa shape index (κ2) is 2.23. The van der Waals surface area contributed by atoms with Gasteiger partial charge in [0.2, 0.25) is 0 Å². The maximum absolute atomic E-state index is 3.75. The lowest BCUT2D eigenvalue weighted by atomic mass is 10.2. The van der Waals surface area contributed by atoms with E-state index in [2.05, 4.69) is 22.9 Å². The topological polar surface area (TPSA) is 0 Å².